The van der Waals surface area contributed by atoms with Gasteiger partial charge in [-0.3, -0.25) is 9.69 Å². The Labute approximate surface area is 117 Å². The minimum absolute atomic E-state index is 0.396. The van der Waals surface area contributed by atoms with Crippen molar-refractivity contribution in [2.24, 2.45) is 0 Å². The molecule has 1 unspecified atom stereocenters. The number of carbonyl (C=O) groups is 1. The molecule has 2 heterocycles. The number of aryl methyl sites for hydroxylation is 1. The zero-order valence-electron chi connectivity index (χ0n) is 11.8. The van der Waals surface area contributed by atoms with E-state index in [1.54, 1.807) is 6.92 Å². The van der Waals surface area contributed by atoms with Gasteiger partial charge in [0.25, 0.3) is 0 Å². The molecule has 1 fully saturated rings. The number of carboxylic acids is 1. The molecule has 0 aromatic carbocycles. The van der Waals surface area contributed by atoms with Crippen molar-refractivity contribution in [1.29, 1.82) is 0 Å². The third-order valence-corrected chi connectivity index (χ3v) is 3.86. The van der Waals surface area contributed by atoms with Crippen LogP contribution >= 0.6 is 0 Å². The molecule has 1 N–H and O–H groups in total. The second kappa shape index (κ2) is 4.90. The predicted molar refractivity (Wildman–Crippen MR) is 75.6 cm³/mol. The highest BCUT2D eigenvalue weighted by Crippen LogP contribution is 2.30. The van der Waals surface area contributed by atoms with Crippen LogP contribution in [0.4, 0.5) is 0 Å². The van der Waals surface area contributed by atoms with E-state index in [0.717, 1.165) is 24.2 Å². The fourth-order valence-electron chi connectivity index (χ4n) is 2.55. The van der Waals surface area contributed by atoms with Crippen molar-refractivity contribution in [2.75, 3.05) is 0 Å². The van der Waals surface area contributed by atoms with E-state index in [9.17, 15) is 9.90 Å². The molecule has 3 rings (SSSR count). The number of hydrogen-bond donors (Lipinski definition) is 1. The summed E-state index contributed by atoms with van der Waals surface area (Å²) in [6, 6.07) is 3.95. The van der Waals surface area contributed by atoms with Gasteiger partial charge in [-0.2, -0.15) is 0 Å². The van der Waals surface area contributed by atoms with Crippen LogP contribution in [0.1, 0.15) is 31.0 Å². The minimum Gasteiger partial charge on any atom is -0.480 e. The van der Waals surface area contributed by atoms with Gasteiger partial charge in [0.2, 0.25) is 0 Å². The van der Waals surface area contributed by atoms with Gasteiger partial charge < -0.3 is 9.51 Å². The topological polar surface area (TPSA) is 57.8 Å². The lowest BCUT2D eigenvalue weighted by atomic mass is 10.2. The van der Waals surface area contributed by atoms with Gasteiger partial charge in [-0.05, 0) is 38.3 Å². The van der Waals surface area contributed by atoms with E-state index >= 15 is 0 Å². The summed E-state index contributed by atoms with van der Waals surface area (Å²) in [5, 5.41) is 9.22. The zero-order valence-corrected chi connectivity index (χ0v) is 11.8. The number of hydrogen-bond acceptors (Lipinski definition) is 3. The van der Waals surface area contributed by atoms with Crippen molar-refractivity contribution in [3.8, 4) is 0 Å². The predicted octanol–water partition coefficient (Wildman–Crippen LogP) is 2.08. The van der Waals surface area contributed by atoms with Gasteiger partial charge in [0.15, 0.2) is 0 Å². The smallest absolute Gasteiger partial charge is 0.320 e. The van der Waals surface area contributed by atoms with Crippen LogP contribution in [0.3, 0.4) is 0 Å². The van der Waals surface area contributed by atoms with E-state index in [2.05, 4.69) is 4.98 Å². The van der Waals surface area contributed by atoms with E-state index in [0.29, 0.717) is 12.6 Å². The Morgan fingerprint density at radius 1 is 1.50 bits per heavy atom. The van der Waals surface area contributed by atoms with Gasteiger partial charge in [-0.1, -0.05) is 6.07 Å². The molecule has 1 aliphatic rings. The lowest BCUT2D eigenvalue weighted by molar-refractivity contribution is -0.143. The molecule has 2 aromatic heterocycles. The van der Waals surface area contributed by atoms with Crippen LogP contribution < -0.4 is 0 Å². The van der Waals surface area contributed by atoms with Gasteiger partial charge in [0.1, 0.15) is 11.7 Å². The first-order chi connectivity index (χ1) is 9.54. The molecule has 1 aliphatic carbocycles. The van der Waals surface area contributed by atoms with E-state index in [4.69, 9.17) is 0 Å². The molecular weight excluding hydrogens is 254 g/mol. The third kappa shape index (κ3) is 2.54. The molecule has 5 nitrogen and oxygen atoms in total. The molecule has 0 aliphatic heterocycles. The molecule has 1 saturated carbocycles. The fraction of sp³-hybridized carbons (Fsp3) is 0.467. The van der Waals surface area contributed by atoms with Gasteiger partial charge in [0.05, 0.1) is 5.69 Å². The molecule has 0 saturated heterocycles. The van der Waals surface area contributed by atoms with Crippen molar-refractivity contribution in [2.45, 2.75) is 45.3 Å². The van der Waals surface area contributed by atoms with E-state index < -0.39 is 12.0 Å². The third-order valence-electron chi connectivity index (χ3n) is 3.86. The number of pyridine rings is 1. The lowest BCUT2D eigenvalue weighted by Crippen LogP contribution is -2.40. The van der Waals surface area contributed by atoms with Crippen LogP contribution in [-0.4, -0.2) is 37.4 Å². The monoisotopic (exact) mass is 273 g/mol. The maximum Gasteiger partial charge on any atom is 0.320 e. The molecule has 0 amide bonds. The Balaban J connectivity index is 1.84. The van der Waals surface area contributed by atoms with E-state index in [-0.39, 0.29) is 0 Å². The first-order valence-electron chi connectivity index (χ1n) is 6.97. The quantitative estimate of drug-likeness (QED) is 0.906. The number of fused-ring (bicyclic) bond motifs is 1. The highest BCUT2D eigenvalue weighted by Gasteiger charge is 2.35. The highest BCUT2D eigenvalue weighted by molar-refractivity contribution is 5.73. The molecule has 0 radical (unpaired) electrons. The molecule has 106 valence electrons. The summed E-state index contributed by atoms with van der Waals surface area (Å²) in [6.07, 6.45) is 6.20. The largest absolute Gasteiger partial charge is 0.480 e. The van der Waals surface area contributed by atoms with Crippen LogP contribution in [0.25, 0.3) is 5.65 Å². The fourth-order valence-corrected chi connectivity index (χ4v) is 2.55. The average molecular weight is 273 g/mol. The Hall–Kier alpha value is -1.88. The van der Waals surface area contributed by atoms with Crippen LogP contribution in [-0.2, 0) is 11.3 Å². The van der Waals surface area contributed by atoms with Gasteiger partial charge >= 0.3 is 5.97 Å². The minimum atomic E-state index is -0.767. The first-order valence-corrected chi connectivity index (χ1v) is 6.97. The van der Waals surface area contributed by atoms with Gasteiger partial charge in [-0.15, -0.1) is 0 Å². The normalized spacial score (nSPS) is 16.8. The Kier molecular flexibility index (Phi) is 3.22. The molecule has 20 heavy (non-hydrogen) atoms. The number of aromatic nitrogens is 2. The summed E-state index contributed by atoms with van der Waals surface area (Å²) < 4.78 is 2.00. The summed E-state index contributed by atoms with van der Waals surface area (Å²) in [5.41, 5.74) is 3.01. The Bertz CT molecular complexity index is 646. The summed E-state index contributed by atoms with van der Waals surface area (Å²) in [7, 11) is 0. The van der Waals surface area contributed by atoms with Crippen molar-refractivity contribution in [3.05, 3.63) is 35.8 Å². The summed E-state index contributed by atoms with van der Waals surface area (Å²) >= 11 is 0. The zero-order chi connectivity index (χ0) is 14.3. The second-order valence-corrected chi connectivity index (χ2v) is 5.62. The maximum atomic E-state index is 11.2. The Morgan fingerprint density at radius 2 is 2.25 bits per heavy atom. The van der Waals surface area contributed by atoms with E-state index in [1.807, 2.05) is 40.8 Å². The van der Waals surface area contributed by atoms with Crippen molar-refractivity contribution in [3.63, 3.8) is 0 Å². The molecule has 0 bridgehead atoms. The summed E-state index contributed by atoms with van der Waals surface area (Å²) in [4.78, 5) is 17.8. The highest BCUT2D eigenvalue weighted by atomic mass is 16.4. The van der Waals surface area contributed by atoms with Crippen molar-refractivity contribution in [1.82, 2.24) is 14.3 Å². The second-order valence-electron chi connectivity index (χ2n) is 5.62. The SMILES string of the molecule is Cc1ccc2nc(CN(C3CC3)C(C)C(=O)O)cn2c1. The Morgan fingerprint density at radius 3 is 2.90 bits per heavy atom. The summed E-state index contributed by atoms with van der Waals surface area (Å²) in [6.45, 7) is 4.39. The molecule has 2 aromatic rings. The number of carboxylic acid groups (broad SMARTS) is 1. The number of imidazole rings is 1. The average Bonchev–Trinajstić information content (AvgIpc) is 3.16. The van der Waals surface area contributed by atoms with E-state index in [1.165, 1.54) is 5.56 Å². The number of nitrogens with zero attached hydrogens (tertiary/aromatic N) is 3. The van der Waals surface area contributed by atoms with Crippen LogP contribution in [0, 0.1) is 6.92 Å². The number of aliphatic carboxylic acids is 1. The first kappa shape index (κ1) is 13.1. The van der Waals surface area contributed by atoms with Crippen LogP contribution in [0.5, 0.6) is 0 Å². The van der Waals surface area contributed by atoms with Gasteiger partial charge in [0, 0.05) is 25.0 Å². The standard InChI is InChI=1S/C15H19N3O2/c1-10-3-6-14-16-12(8-17(14)7-10)9-18(13-4-5-13)11(2)15(19)20/h3,6-8,11,13H,4-5,9H2,1-2H3,(H,19,20). The lowest BCUT2D eigenvalue weighted by Gasteiger charge is -2.24. The van der Waals surface area contributed by atoms with Crippen LogP contribution in [0.15, 0.2) is 24.5 Å². The molecular formula is C15H19N3O2. The molecule has 1 atom stereocenters. The maximum absolute atomic E-state index is 11.2. The van der Waals surface area contributed by atoms with Crippen LogP contribution in [0.2, 0.25) is 0 Å². The van der Waals surface area contributed by atoms with Crippen molar-refractivity contribution >= 4 is 11.6 Å². The summed E-state index contributed by atoms with van der Waals surface area (Å²) in [5.74, 6) is -0.767. The van der Waals surface area contributed by atoms with Crippen molar-refractivity contribution < 1.29 is 9.90 Å². The molecule has 0 spiro atoms. The molecule has 5 heteroatoms. The number of rotatable bonds is 5. The van der Waals surface area contributed by atoms with Gasteiger partial charge in [-0.25, -0.2) is 4.98 Å².